The van der Waals surface area contributed by atoms with Crippen molar-refractivity contribution in [1.82, 2.24) is 15.9 Å². The third-order valence-electron chi connectivity index (χ3n) is 6.52. The first kappa shape index (κ1) is 29.4. The summed E-state index contributed by atoms with van der Waals surface area (Å²) in [4.78, 5) is 39.8. The molecule has 0 spiro atoms. The van der Waals surface area contributed by atoms with E-state index in [1.165, 1.54) is 5.01 Å². The molecule has 0 saturated carbocycles. The lowest BCUT2D eigenvalue weighted by atomic mass is 9.81. The third-order valence-corrected chi connectivity index (χ3v) is 6.52. The van der Waals surface area contributed by atoms with Gasteiger partial charge in [0.15, 0.2) is 0 Å². The molecule has 8 nitrogen and oxygen atoms in total. The predicted octanol–water partition coefficient (Wildman–Crippen LogP) is 5.56. The van der Waals surface area contributed by atoms with Crippen molar-refractivity contribution >= 4 is 23.5 Å². The first-order valence-corrected chi connectivity index (χ1v) is 13.3. The summed E-state index contributed by atoms with van der Waals surface area (Å²) < 4.78 is 0. The lowest BCUT2D eigenvalue weighted by Gasteiger charge is -2.30. The molecule has 3 rings (SSSR count). The second-order valence-corrected chi connectivity index (χ2v) is 10.0. The van der Waals surface area contributed by atoms with Crippen molar-refractivity contribution in [3.63, 3.8) is 0 Å². The number of nitrogens with zero attached hydrogens (tertiary/aromatic N) is 1. The average Bonchev–Trinajstić information content (AvgIpc) is 2.95. The molecule has 0 fully saturated rings. The van der Waals surface area contributed by atoms with Gasteiger partial charge in [0.25, 0.3) is 0 Å². The van der Waals surface area contributed by atoms with Gasteiger partial charge in [-0.05, 0) is 54.9 Å². The number of hydroxylamine groups is 1. The van der Waals surface area contributed by atoms with E-state index in [0.29, 0.717) is 24.9 Å². The largest absolute Gasteiger partial charge is 0.340 e. The van der Waals surface area contributed by atoms with Crippen molar-refractivity contribution in [3.05, 3.63) is 102 Å². The Bertz CT molecular complexity index is 1170. The van der Waals surface area contributed by atoms with Crippen LogP contribution in [0.2, 0.25) is 0 Å². The summed E-state index contributed by atoms with van der Waals surface area (Å²) in [5, 5.41) is 13.6. The highest BCUT2D eigenvalue weighted by molar-refractivity contribution is 5.92. The van der Waals surface area contributed by atoms with Gasteiger partial charge in [-0.25, -0.2) is 15.3 Å². The highest BCUT2D eigenvalue weighted by Crippen LogP contribution is 2.27. The van der Waals surface area contributed by atoms with Crippen LogP contribution in [-0.2, 0) is 22.6 Å². The Morgan fingerprint density at radius 2 is 1.33 bits per heavy atom. The lowest BCUT2D eigenvalue weighted by molar-refractivity contribution is -0.142. The van der Waals surface area contributed by atoms with E-state index < -0.39 is 29.7 Å². The Kier molecular flexibility index (Phi) is 11.5. The van der Waals surface area contributed by atoms with E-state index in [1.807, 2.05) is 92.7 Å². The monoisotopic (exact) mass is 530 g/mol. The number of carbonyl (C=O) groups excluding carboxylic acids is 3. The molecule has 0 aliphatic heterocycles. The van der Waals surface area contributed by atoms with Crippen molar-refractivity contribution < 1.29 is 19.6 Å². The summed E-state index contributed by atoms with van der Waals surface area (Å²) >= 11 is 0. The maximum atomic E-state index is 13.7. The number of benzene rings is 3. The maximum Gasteiger partial charge on any atom is 0.340 e. The molecular formula is C31H38N4O4. The molecule has 4 amide bonds. The number of para-hydroxylation sites is 1. The number of hydrazine groups is 1. The van der Waals surface area contributed by atoms with E-state index in [4.69, 9.17) is 0 Å². The van der Waals surface area contributed by atoms with Crippen molar-refractivity contribution in [2.75, 3.05) is 5.32 Å². The maximum absolute atomic E-state index is 13.7. The fraction of sp³-hybridized carbons (Fsp3) is 0.323. The first-order chi connectivity index (χ1) is 18.9. The average molecular weight is 531 g/mol. The van der Waals surface area contributed by atoms with E-state index >= 15 is 0 Å². The van der Waals surface area contributed by atoms with Gasteiger partial charge in [0, 0.05) is 5.69 Å². The summed E-state index contributed by atoms with van der Waals surface area (Å²) in [7, 11) is 0. The zero-order valence-corrected chi connectivity index (χ0v) is 22.5. The van der Waals surface area contributed by atoms with Crippen LogP contribution in [0.25, 0.3) is 0 Å². The number of carbonyl (C=O) groups is 3. The fourth-order valence-electron chi connectivity index (χ4n) is 4.59. The van der Waals surface area contributed by atoms with Crippen LogP contribution in [0.1, 0.15) is 44.2 Å². The van der Waals surface area contributed by atoms with E-state index in [2.05, 4.69) is 10.7 Å². The number of hydrogen-bond acceptors (Lipinski definition) is 4. The Labute approximate surface area is 230 Å². The smallest absolute Gasteiger partial charge is 0.306 e. The van der Waals surface area contributed by atoms with Gasteiger partial charge in [-0.1, -0.05) is 92.7 Å². The van der Waals surface area contributed by atoms with Crippen LogP contribution >= 0.6 is 0 Å². The highest BCUT2D eigenvalue weighted by atomic mass is 16.5. The molecule has 0 aliphatic rings. The fourth-order valence-corrected chi connectivity index (χ4v) is 4.59. The highest BCUT2D eigenvalue weighted by Gasteiger charge is 2.35. The number of anilines is 1. The van der Waals surface area contributed by atoms with E-state index in [1.54, 1.807) is 17.6 Å². The normalized spacial score (nSPS) is 12.3. The van der Waals surface area contributed by atoms with Crippen LogP contribution in [0, 0.1) is 17.8 Å². The van der Waals surface area contributed by atoms with E-state index in [0.717, 1.165) is 17.5 Å². The van der Waals surface area contributed by atoms with Gasteiger partial charge >= 0.3 is 6.03 Å². The van der Waals surface area contributed by atoms with Gasteiger partial charge in [-0.15, -0.1) is 0 Å². The van der Waals surface area contributed by atoms with Crippen LogP contribution in [0.5, 0.6) is 0 Å². The molecule has 4 N–H and O–H groups in total. The van der Waals surface area contributed by atoms with Crippen molar-refractivity contribution in [2.24, 2.45) is 17.8 Å². The molecule has 0 bridgehead atoms. The number of aryl methyl sites for hydroxylation is 1. The Hall–Kier alpha value is -4.17. The van der Waals surface area contributed by atoms with Gasteiger partial charge in [-0.3, -0.25) is 20.2 Å². The summed E-state index contributed by atoms with van der Waals surface area (Å²) in [6.45, 7) is 4.08. The number of nitrogens with one attached hydrogen (secondary N) is 3. The molecule has 39 heavy (non-hydrogen) atoms. The Morgan fingerprint density at radius 1 is 0.769 bits per heavy atom. The summed E-state index contributed by atoms with van der Waals surface area (Å²) in [6, 6.07) is 27.7. The van der Waals surface area contributed by atoms with Gasteiger partial charge in [0.1, 0.15) is 0 Å². The van der Waals surface area contributed by atoms with Crippen LogP contribution in [0.4, 0.5) is 10.5 Å². The Morgan fingerprint density at radius 3 is 1.90 bits per heavy atom. The molecule has 3 aromatic carbocycles. The molecule has 0 heterocycles. The van der Waals surface area contributed by atoms with Crippen LogP contribution < -0.4 is 16.2 Å². The Balaban J connectivity index is 1.80. The van der Waals surface area contributed by atoms with Gasteiger partial charge in [-0.2, -0.15) is 0 Å². The molecule has 3 aromatic rings. The van der Waals surface area contributed by atoms with E-state index in [9.17, 15) is 19.6 Å². The molecule has 8 heteroatoms. The third kappa shape index (κ3) is 9.57. The second-order valence-electron chi connectivity index (χ2n) is 10.0. The van der Waals surface area contributed by atoms with Crippen molar-refractivity contribution in [1.29, 1.82) is 0 Å². The quantitative estimate of drug-likeness (QED) is 0.182. The molecular weight excluding hydrogens is 492 g/mol. The molecule has 2 atom stereocenters. The standard InChI is InChI=1S/C31H38N4O4/c1-23(2)21-28(27(30(37)34-39)20-12-17-24-13-6-3-7-14-24)29(36)33-35(22-25-15-8-4-9-16-25)31(38)32-26-18-10-5-11-19-26/h3-11,13-16,18-19,23,27-28,39H,12,17,20-22H2,1-2H3,(H,32,38)(H,33,36)(H,34,37)/t27?,28-/m1/s1. The minimum Gasteiger partial charge on any atom is -0.306 e. The zero-order valence-electron chi connectivity index (χ0n) is 22.5. The molecule has 0 radical (unpaired) electrons. The van der Waals surface area contributed by atoms with Crippen LogP contribution in [-0.4, -0.2) is 28.1 Å². The minimum absolute atomic E-state index is 0.101. The number of rotatable bonds is 12. The molecule has 0 saturated heterocycles. The van der Waals surface area contributed by atoms with Gasteiger partial charge in [0.2, 0.25) is 11.8 Å². The summed E-state index contributed by atoms with van der Waals surface area (Å²) in [5.74, 6) is -2.47. The predicted molar refractivity (Wildman–Crippen MR) is 151 cm³/mol. The number of amides is 4. The molecule has 0 aromatic heterocycles. The van der Waals surface area contributed by atoms with Crippen LogP contribution in [0.3, 0.4) is 0 Å². The second kappa shape index (κ2) is 15.3. The minimum atomic E-state index is -0.767. The SMILES string of the molecule is CC(C)C[C@@H](C(=O)NN(Cc1ccccc1)C(=O)Nc1ccccc1)C(CCCc1ccccc1)C(=O)NO. The summed E-state index contributed by atoms with van der Waals surface area (Å²) in [6.07, 6.45) is 2.22. The molecule has 0 aliphatic carbocycles. The zero-order chi connectivity index (χ0) is 28.0. The molecule has 206 valence electrons. The van der Waals surface area contributed by atoms with E-state index in [-0.39, 0.29) is 12.5 Å². The molecule has 1 unspecified atom stereocenters. The lowest BCUT2D eigenvalue weighted by Crippen LogP contribution is -2.52. The van der Waals surface area contributed by atoms with Gasteiger partial charge in [0.05, 0.1) is 18.4 Å². The summed E-state index contributed by atoms with van der Waals surface area (Å²) in [5.41, 5.74) is 7.09. The topological polar surface area (TPSA) is 111 Å². The number of hydrogen-bond donors (Lipinski definition) is 4. The van der Waals surface area contributed by atoms with Crippen molar-refractivity contribution in [2.45, 2.75) is 46.1 Å². The van der Waals surface area contributed by atoms with Gasteiger partial charge < -0.3 is 5.32 Å². The number of urea groups is 1. The van der Waals surface area contributed by atoms with Crippen molar-refractivity contribution in [3.8, 4) is 0 Å². The van der Waals surface area contributed by atoms with Crippen LogP contribution in [0.15, 0.2) is 91.0 Å². The first-order valence-electron chi connectivity index (χ1n) is 13.3.